The van der Waals surface area contributed by atoms with Crippen molar-refractivity contribution in [2.45, 2.75) is 19.4 Å². The van der Waals surface area contributed by atoms with Crippen molar-refractivity contribution in [3.8, 4) is 24.0 Å². The highest BCUT2D eigenvalue weighted by Crippen LogP contribution is 2.32. The number of nitrogens with one attached hydrogen (secondary N) is 1. The van der Waals surface area contributed by atoms with E-state index in [4.69, 9.17) is 20.5 Å². The van der Waals surface area contributed by atoms with E-state index >= 15 is 0 Å². The average molecular weight is 276 g/mol. The fraction of sp³-hybridized carbons (Fsp3) is 0.188. The maximum atomic E-state index is 9.02. The van der Waals surface area contributed by atoms with Crippen LogP contribution in [0.2, 0.25) is 0 Å². The summed E-state index contributed by atoms with van der Waals surface area (Å²) in [6, 6.07) is 10.5. The Morgan fingerprint density at radius 3 is 2.48 bits per heavy atom. The molecule has 2 rings (SSSR count). The number of rotatable bonds is 2. The summed E-state index contributed by atoms with van der Waals surface area (Å²) in [6.45, 7) is 3.92. The van der Waals surface area contributed by atoms with Gasteiger partial charge in [0.2, 0.25) is 0 Å². The molecule has 0 saturated heterocycles. The van der Waals surface area contributed by atoms with Crippen molar-refractivity contribution in [3.63, 3.8) is 0 Å². The smallest absolute Gasteiger partial charge is 0.163 e. The third kappa shape index (κ3) is 3.03. The van der Waals surface area contributed by atoms with Gasteiger partial charge in [-0.1, -0.05) is 6.08 Å². The molecule has 5 heteroatoms. The van der Waals surface area contributed by atoms with Gasteiger partial charge >= 0.3 is 0 Å². The summed E-state index contributed by atoms with van der Waals surface area (Å²) in [5.74, 6) is 0.747. The molecule has 0 unspecified atom stereocenters. The molecule has 1 aliphatic heterocycles. The summed E-state index contributed by atoms with van der Waals surface area (Å²) in [4.78, 5) is 0. The highest BCUT2D eigenvalue weighted by Gasteiger charge is 2.21. The quantitative estimate of drug-likeness (QED) is 0.838. The fourth-order valence-electron chi connectivity index (χ4n) is 1.88. The van der Waals surface area contributed by atoms with Crippen LogP contribution >= 0.6 is 0 Å². The number of anilines is 1. The van der Waals surface area contributed by atoms with Crippen molar-refractivity contribution in [1.82, 2.24) is 0 Å². The lowest BCUT2D eigenvalue weighted by Crippen LogP contribution is -2.27. The van der Waals surface area contributed by atoms with Gasteiger partial charge < -0.3 is 10.1 Å². The normalized spacial score (nSPS) is 13.7. The Morgan fingerprint density at radius 1 is 1.14 bits per heavy atom. The van der Waals surface area contributed by atoms with Gasteiger partial charge in [0.05, 0.1) is 0 Å². The predicted octanol–water partition coefficient (Wildman–Crippen LogP) is 3.11. The van der Waals surface area contributed by atoms with Crippen LogP contribution in [0.15, 0.2) is 35.5 Å². The summed E-state index contributed by atoms with van der Waals surface area (Å²) in [6.07, 6.45) is 3.88. The molecule has 0 aliphatic carbocycles. The fourth-order valence-corrected chi connectivity index (χ4v) is 1.88. The maximum absolute atomic E-state index is 9.02. The third-order valence-electron chi connectivity index (χ3n) is 2.90. The zero-order chi connectivity index (χ0) is 15.5. The highest BCUT2D eigenvalue weighted by molar-refractivity contribution is 5.68. The minimum atomic E-state index is -0.353. The molecule has 0 atom stereocenters. The first-order chi connectivity index (χ1) is 9.99. The molecule has 0 fully saturated rings. The first kappa shape index (κ1) is 14.2. The van der Waals surface area contributed by atoms with E-state index < -0.39 is 0 Å². The zero-order valence-corrected chi connectivity index (χ0v) is 11.6. The SMILES string of the molecule is CC1(C)C=Cc2cc(NC(C#N)=C(C#N)C#N)ccc2O1. The molecule has 1 aliphatic rings. The van der Waals surface area contributed by atoms with Crippen LogP contribution in [0.3, 0.4) is 0 Å². The number of nitriles is 3. The van der Waals surface area contributed by atoms with E-state index in [9.17, 15) is 0 Å². The van der Waals surface area contributed by atoms with Crippen molar-refractivity contribution in [1.29, 1.82) is 15.8 Å². The molecule has 1 heterocycles. The summed E-state index contributed by atoms with van der Waals surface area (Å²) in [5.41, 5.74) is 0.812. The molecule has 0 radical (unpaired) electrons. The van der Waals surface area contributed by atoms with Gasteiger partial charge in [0, 0.05) is 11.3 Å². The molecule has 1 N–H and O–H groups in total. The highest BCUT2D eigenvalue weighted by atomic mass is 16.5. The van der Waals surface area contributed by atoms with E-state index in [1.807, 2.05) is 32.1 Å². The molecule has 0 bridgehead atoms. The van der Waals surface area contributed by atoms with E-state index in [0.29, 0.717) is 5.69 Å². The Labute approximate surface area is 123 Å². The van der Waals surface area contributed by atoms with Crippen LogP contribution in [0, 0.1) is 34.0 Å². The van der Waals surface area contributed by atoms with Gasteiger partial charge in [-0.3, -0.25) is 0 Å². The molecular weight excluding hydrogens is 264 g/mol. The van der Waals surface area contributed by atoms with Gasteiger partial charge in [-0.25, -0.2) is 0 Å². The number of ether oxygens (including phenoxy) is 1. The number of nitrogens with zero attached hydrogens (tertiary/aromatic N) is 3. The third-order valence-corrected chi connectivity index (χ3v) is 2.90. The summed E-state index contributed by atoms with van der Waals surface area (Å²) in [5, 5.41) is 29.4. The zero-order valence-electron chi connectivity index (χ0n) is 11.6. The average Bonchev–Trinajstić information content (AvgIpc) is 2.46. The predicted molar refractivity (Wildman–Crippen MR) is 77.7 cm³/mol. The van der Waals surface area contributed by atoms with Crippen LogP contribution < -0.4 is 10.1 Å². The van der Waals surface area contributed by atoms with E-state index in [1.165, 1.54) is 0 Å². The lowest BCUT2D eigenvalue weighted by molar-refractivity contribution is 0.159. The minimum Gasteiger partial charge on any atom is -0.483 e. The standard InChI is InChI=1S/C16H12N4O/c1-16(2)6-5-11-7-13(3-4-15(11)21-16)20-14(10-19)12(8-17)9-18/h3-7,20H,1-2H3. The van der Waals surface area contributed by atoms with E-state index in [1.54, 1.807) is 30.3 Å². The summed E-state index contributed by atoms with van der Waals surface area (Å²) < 4.78 is 5.80. The summed E-state index contributed by atoms with van der Waals surface area (Å²) in [7, 11) is 0. The Kier molecular flexibility index (Phi) is 3.65. The molecule has 102 valence electrons. The monoisotopic (exact) mass is 276 g/mol. The van der Waals surface area contributed by atoms with Crippen molar-refractivity contribution in [3.05, 3.63) is 41.1 Å². The molecule has 1 aromatic rings. The second-order valence-corrected chi connectivity index (χ2v) is 5.00. The van der Waals surface area contributed by atoms with Gasteiger partial charge in [0.25, 0.3) is 0 Å². The number of fused-ring (bicyclic) bond motifs is 1. The van der Waals surface area contributed by atoms with Gasteiger partial charge in [0.1, 0.15) is 35.3 Å². The molecule has 21 heavy (non-hydrogen) atoms. The van der Waals surface area contributed by atoms with Crippen LogP contribution in [0.25, 0.3) is 6.08 Å². The number of hydrogen-bond donors (Lipinski definition) is 1. The molecule has 1 aromatic carbocycles. The second-order valence-electron chi connectivity index (χ2n) is 5.00. The Morgan fingerprint density at radius 2 is 1.86 bits per heavy atom. The number of allylic oxidation sites excluding steroid dienone is 2. The lowest BCUT2D eigenvalue weighted by atomic mass is 10.0. The maximum Gasteiger partial charge on any atom is 0.163 e. The number of hydrogen-bond acceptors (Lipinski definition) is 5. The first-order valence-corrected chi connectivity index (χ1v) is 6.23. The van der Waals surface area contributed by atoms with E-state index in [-0.39, 0.29) is 16.9 Å². The van der Waals surface area contributed by atoms with Crippen LogP contribution in [0.4, 0.5) is 5.69 Å². The van der Waals surface area contributed by atoms with Crippen LogP contribution in [0.1, 0.15) is 19.4 Å². The van der Waals surface area contributed by atoms with E-state index in [0.717, 1.165) is 11.3 Å². The minimum absolute atomic E-state index is 0.0685. The van der Waals surface area contributed by atoms with Crippen LogP contribution in [-0.4, -0.2) is 5.60 Å². The molecule has 0 amide bonds. The Bertz CT molecular complexity index is 751. The van der Waals surface area contributed by atoms with Gasteiger partial charge in [0.15, 0.2) is 5.57 Å². The van der Waals surface area contributed by atoms with Gasteiger partial charge in [-0.2, -0.15) is 15.8 Å². The molecule has 0 aromatic heterocycles. The molecular formula is C16H12N4O. The van der Waals surface area contributed by atoms with Crippen molar-refractivity contribution < 1.29 is 4.74 Å². The Balaban J connectivity index is 2.34. The summed E-state index contributed by atoms with van der Waals surface area (Å²) >= 11 is 0. The van der Waals surface area contributed by atoms with Crippen LogP contribution in [0.5, 0.6) is 5.75 Å². The topological polar surface area (TPSA) is 92.6 Å². The van der Waals surface area contributed by atoms with Crippen molar-refractivity contribution >= 4 is 11.8 Å². The van der Waals surface area contributed by atoms with Crippen molar-refractivity contribution in [2.24, 2.45) is 0 Å². The van der Waals surface area contributed by atoms with Gasteiger partial charge in [-0.15, -0.1) is 0 Å². The largest absolute Gasteiger partial charge is 0.483 e. The van der Waals surface area contributed by atoms with Crippen LogP contribution in [-0.2, 0) is 0 Å². The van der Waals surface area contributed by atoms with E-state index in [2.05, 4.69) is 5.32 Å². The van der Waals surface area contributed by atoms with Crippen molar-refractivity contribution in [2.75, 3.05) is 5.32 Å². The lowest BCUT2D eigenvalue weighted by Gasteiger charge is -2.28. The molecule has 0 saturated carbocycles. The molecule has 0 spiro atoms. The van der Waals surface area contributed by atoms with Gasteiger partial charge in [-0.05, 0) is 38.1 Å². The second kappa shape index (κ2) is 5.41. The first-order valence-electron chi connectivity index (χ1n) is 6.23. The molecule has 5 nitrogen and oxygen atoms in total. The number of benzene rings is 1. The Hall–Kier alpha value is -3.23.